The minimum Gasteiger partial charge on any atom is -0.356 e. The van der Waals surface area contributed by atoms with E-state index >= 15 is 0 Å². The van der Waals surface area contributed by atoms with Crippen molar-refractivity contribution in [2.45, 2.75) is 12.8 Å². The molecule has 1 aromatic carbocycles. The van der Waals surface area contributed by atoms with Crippen LogP contribution in [0.25, 0.3) is 21.9 Å². The predicted molar refractivity (Wildman–Crippen MR) is 108 cm³/mol. The van der Waals surface area contributed by atoms with Gasteiger partial charge in [-0.05, 0) is 12.1 Å². The summed E-state index contributed by atoms with van der Waals surface area (Å²) in [5.41, 5.74) is 3.57. The molecule has 7 heteroatoms. The molecule has 3 aromatic heterocycles. The van der Waals surface area contributed by atoms with Crippen LogP contribution in [0.15, 0.2) is 70.8 Å². The highest BCUT2D eigenvalue weighted by atomic mass is 32.1. The van der Waals surface area contributed by atoms with E-state index in [1.54, 1.807) is 29.8 Å². The highest BCUT2D eigenvalue weighted by Crippen LogP contribution is 2.23. The molecule has 3 heterocycles. The summed E-state index contributed by atoms with van der Waals surface area (Å²) in [6, 6.07) is 15.4. The number of amides is 1. The summed E-state index contributed by atoms with van der Waals surface area (Å²) in [5, 5.41) is 9.87. The zero-order valence-electron chi connectivity index (χ0n) is 15.0. The molecule has 0 unspecified atom stereocenters. The monoisotopic (exact) mass is 390 g/mol. The molecule has 0 spiro atoms. The van der Waals surface area contributed by atoms with E-state index in [9.17, 15) is 4.79 Å². The zero-order chi connectivity index (χ0) is 19.2. The fraction of sp³-hybridized carbons (Fsp3) is 0.143. The van der Waals surface area contributed by atoms with Crippen LogP contribution < -0.4 is 5.32 Å². The maximum atomic E-state index is 12.2. The maximum Gasteiger partial charge on any atom is 0.226 e. The largest absolute Gasteiger partial charge is 0.356 e. The summed E-state index contributed by atoms with van der Waals surface area (Å²) in [7, 11) is 0. The Morgan fingerprint density at radius 3 is 2.68 bits per heavy atom. The van der Waals surface area contributed by atoms with Crippen LogP contribution in [0.3, 0.4) is 0 Å². The van der Waals surface area contributed by atoms with E-state index < -0.39 is 0 Å². The minimum absolute atomic E-state index is 0.0856. The van der Waals surface area contributed by atoms with E-state index in [1.807, 2.05) is 47.8 Å². The molecule has 0 saturated heterocycles. The van der Waals surface area contributed by atoms with Crippen LogP contribution in [0.4, 0.5) is 0 Å². The molecular formula is C21H18N4O2S. The SMILES string of the molecule is O=C(Cc1cc(-c2ccccc2)on1)NCCc1csc(-c2ccncc2)n1. The van der Waals surface area contributed by atoms with Gasteiger partial charge in [0.15, 0.2) is 5.76 Å². The number of thiazole rings is 1. The second-order valence-electron chi connectivity index (χ2n) is 6.21. The summed E-state index contributed by atoms with van der Waals surface area (Å²) < 4.78 is 5.33. The molecular weight excluding hydrogens is 372 g/mol. The number of nitrogens with zero attached hydrogens (tertiary/aromatic N) is 3. The van der Waals surface area contributed by atoms with E-state index in [0.29, 0.717) is 24.4 Å². The molecule has 0 fully saturated rings. The molecule has 6 nitrogen and oxygen atoms in total. The number of pyridine rings is 1. The first-order valence-corrected chi connectivity index (χ1v) is 9.78. The van der Waals surface area contributed by atoms with Gasteiger partial charge in [0.1, 0.15) is 5.01 Å². The lowest BCUT2D eigenvalue weighted by Gasteiger charge is -2.02. The van der Waals surface area contributed by atoms with Crippen LogP contribution >= 0.6 is 11.3 Å². The Balaban J connectivity index is 1.26. The summed E-state index contributed by atoms with van der Waals surface area (Å²) in [4.78, 5) is 20.8. The highest BCUT2D eigenvalue weighted by Gasteiger charge is 2.11. The number of carbonyl (C=O) groups excluding carboxylic acids is 1. The fourth-order valence-corrected chi connectivity index (χ4v) is 3.60. The van der Waals surface area contributed by atoms with Gasteiger partial charge >= 0.3 is 0 Å². The lowest BCUT2D eigenvalue weighted by Crippen LogP contribution is -2.27. The molecule has 4 aromatic rings. The quantitative estimate of drug-likeness (QED) is 0.520. The molecule has 1 N–H and O–H groups in total. The molecule has 4 rings (SSSR count). The van der Waals surface area contributed by atoms with Crippen molar-refractivity contribution in [1.82, 2.24) is 20.4 Å². The number of hydrogen-bond acceptors (Lipinski definition) is 6. The summed E-state index contributed by atoms with van der Waals surface area (Å²) >= 11 is 1.59. The van der Waals surface area contributed by atoms with Crippen molar-refractivity contribution in [3.8, 4) is 21.9 Å². The van der Waals surface area contributed by atoms with Crippen LogP contribution in [-0.2, 0) is 17.6 Å². The predicted octanol–water partition coefficient (Wildman–Crippen LogP) is 3.76. The number of benzene rings is 1. The minimum atomic E-state index is -0.0856. The normalized spacial score (nSPS) is 10.7. The Morgan fingerprint density at radius 2 is 1.86 bits per heavy atom. The van der Waals surface area contributed by atoms with Gasteiger partial charge in [-0.1, -0.05) is 35.5 Å². The Bertz CT molecular complexity index is 1040. The molecule has 0 radical (unpaired) electrons. The smallest absolute Gasteiger partial charge is 0.226 e. The third kappa shape index (κ3) is 4.50. The second-order valence-corrected chi connectivity index (χ2v) is 7.06. The number of aromatic nitrogens is 3. The molecule has 0 aliphatic heterocycles. The first-order chi connectivity index (χ1) is 13.8. The standard InChI is InChI=1S/C21H18N4O2S/c26-20(13-18-12-19(27-25-18)15-4-2-1-3-5-15)23-11-8-17-14-28-21(24-17)16-6-9-22-10-7-16/h1-7,9-10,12,14H,8,11,13H2,(H,23,26). The first-order valence-electron chi connectivity index (χ1n) is 8.90. The van der Waals surface area contributed by atoms with E-state index in [0.717, 1.165) is 21.8 Å². The summed E-state index contributed by atoms with van der Waals surface area (Å²) in [5.74, 6) is 0.576. The van der Waals surface area contributed by atoms with Crippen molar-refractivity contribution in [2.75, 3.05) is 6.54 Å². The molecule has 0 saturated carbocycles. The Hall–Kier alpha value is -3.32. The van der Waals surface area contributed by atoms with Crippen molar-refractivity contribution < 1.29 is 9.32 Å². The van der Waals surface area contributed by atoms with Gasteiger partial charge in [-0.2, -0.15) is 0 Å². The van der Waals surface area contributed by atoms with Gasteiger partial charge in [0, 0.05) is 47.9 Å². The van der Waals surface area contributed by atoms with E-state index in [-0.39, 0.29) is 12.3 Å². The number of rotatable bonds is 7. The van der Waals surface area contributed by atoms with E-state index in [2.05, 4.69) is 20.4 Å². The van der Waals surface area contributed by atoms with Gasteiger partial charge in [0.25, 0.3) is 0 Å². The van der Waals surface area contributed by atoms with Gasteiger partial charge in [-0.15, -0.1) is 11.3 Å². The maximum absolute atomic E-state index is 12.2. The topological polar surface area (TPSA) is 80.9 Å². The third-order valence-electron chi connectivity index (χ3n) is 4.14. The Morgan fingerprint density at radius 1 is 1.04 bits per heavy atom. The first kappa shape index (κ1) is 18.1. The van der Waals surface area contributed by atoms with Crippen molar-refractivity contribution in [2.24, 2.45) is 0 Å². The van der Waals surface area contributed by atoms with Crippen molar-refractivity contribution in [3.63, 3.8) is 0 Å². The van der Waals surface area contributed by atoms with Gasteiger partial charge in [0.05, 0.1) is 17.8 Å². The zero-order valence-corrected chi connectivity index (χ0v) is 15.9. The molecule has 0 aliphatic carbocycles. The number of hydrogen-bond donors (Lipinski definition) is 1. The average Bonchev–Trinajstić information content (AvgIpc) is 3.39. The van der Waals surface area contributed by atoms with Crippen molar-refractivity contribution in [1.29, 1.82) is 0 Å². The van der Waals surface area contributed by atoms with Crippen molar-refractivity contribution >= 4 is 17.2 Å². The molecule has 28 heavy (non-hydrogen) atoms. The lowest BCUT2D eigenvalue weighted by molar-refractivity contribution is -0.120. The molecule has 140 valence electrons. The average molecular weight is 390 g/mol. The van der Waals surface area contributed by atoms with Crippen LogP contribution in [0, 0.1) is 0 Å². The van der Waals surface area contributed by atoms with Crippen molar-refractivity contribution in [3.05, 3.63) is 77.7 Å². The molecule has 1 amide bonds. The van der Waals surface area contributed by atoms with Crippen LogP contribution in [0.1, 0.15) is 11.4 Å². The summed E-state index contributed by atoms with van der Waals surface area (Å²) in [6.07, 6.45) is 4.38. The molecule has 0 atom stereocenters. The van der Waals surface area contributed by atoms with Gasteiger partial charge in [-0.25, -0.2) is 4.98 Å². The Labute approximate surface area is 166 Å². The molecule has 0 aliphatic rings. The fourth-order valence-electron chi connectivity index (χ4n) is 2.74. The Kier molecular flexibility index (Phi) is 5.53. The third-order valence-corrected chi connectivity index (χ3v) is 5.08. The van der Waals surface area contributed by atoms with Gasteiger partial charge in [0.2, 0.25) is 5.91 Å². The van der Waals surface area contributed by atoms with Crippen LogP contribution in [0.2, 0.25) is 0 Å². The van der Waals surface area contributed by atoms with Gasteiger partial charge in [-0.3, -0.25) is 9.78 Å². The lowest BCUT2D eigenvalue weighted by atomic mass is 10.1. The number of carbonyl (C=O) groups is 1. The highest BCUT2D eigenvalue weighted by molar-refractivity contribution is 7.13. The van der Waals surface area contributed by atoms with E-state index in [1.165, 1.54) is 0 Å². The second kappa shape index (κ2) is 8.58. The van der Waals surface area contributed by atoms with Gasteiger partial charge < -0.3 is 9.84 Å². The van der Waals surface area contributed by atoms with Crippen LogP contribution in [0.5, 0.6) is 0 Å². The van der Waals surface area contributed by atoms with Crippen LogP contribution in [-0.4, -0.2) is 27.6 Å². The number of nitrogens with one attached hydrogen (secondary N) is 1. The molecule has 0 bridgehead atoms. The van der Waals surface area contributed by atoms with E-state index in [4.69, 9.17) is 4.52 Å². The summed E-state index contributed by atoms with van der Waals surface area (Å²) in [6.45, 7) is 0.530.